The van der Waals surface area contributed by atoms with Crippen LogP contribution in [-0.2, 0) is 16.1 Å². The molecule has 1 atom stereocenters. The Kier molecular flexibility index (Phi) is 6.44. The maximum Gasteiger partial charge on any atom is 0.260 e. The average molecular weight is 356 g/mol. The number of pyridine rings is 1. The summed E-state index contributed by atoms with van der Waals surface area (Å²) in [6.07, 6.45) is 5.48. The van der Waals surface area contributed by atoms with Crippen LogP contribution in [0.15, 0.2) is 48.8 Å². The van der Waals surface area contributed by atoms with E-state index in [9.17, 15) is 4.79 Å². The van der Waals surface area contributed by atoms with E-state index in [0.717, 1.165) is 24.9 Å². The molecule has 2 heterocycles. The van der Waals surface area contributed by atoms with Crippen LogP contribution >= 0.6 is 0 Å². The van der Waals surface area contributed by atoms with Gasteiger partial charge in [0.05, 0.1) is 19.8 Å². The zero-order chi connectivity index (χ0) is 18.2. The first-order valence-corrected chi connectivity index (χ1v) is 8.80. The van der Waals surface area contributed by atoms with E-state index in [2.05, 4.69) is 4.98 Å². The summed E-state index contributed by atoms with van der Waals surface area (Å²) in [6.45, 7) is 1.87. The molecule has 0 radical (unpaired) electrons. The molecule has 1 amide bonds. The fraction of sp³-hybridized carbons (Fsp3) is 0.400. The fourth-order valence-corrected chi connectivity index (χ4v) is 2.93. The quantitative estimate of drug-likeness (QED) is 0.763. The van der Waals surface area contributed by atoms with E-state index in [1.165, 1.54) is 0 Å². The van der Waals surface area contributed by atoms with Gasteiger partial charge in [-0.2, -0.15) is 0 Å². The first-order valence-electron chi connectivity index (χ1n) is 8.80. The Morgan fingerprint density at radius 1 is 1.27 bits per heavy atom. The van der Waals surface area contributed by atoms with Gasteiger partial charge in [0.15, 0.2) is 6.61 Å². The predicted octanol–water partition coefficient (Wildman–Crippen LogP) is 2.68. The highest BCUT2D eigenvalue weighted by molar-refractivity contribution is 5.77. The predicted molar refractivity (Wildman–Crippen MR) is 97.1 cm³/mol. The van der Waals surface area contributed by atoms with Crippen LogP contribution in [0.1, 0.15) is 18.4 Å². The average Bonchev–Trinajstić information content (AvgIpc) is 2.71. The van der Waals surface area contributed by atoms with Crippen LogP contribution in [-0.4, -0.2) is 48.7 Å². The largest absolute Gasteiger partial charge is 0.497 e. The highest BCUT2D eigenvalue weighted by atomic mass is 16.5. The summed E-state index contributed by atoms with van der Waals surface area (Å²) in [5.74, 6) is 1.30. The SMILES string of the molecule is COc1cccc(OCC(=O)N2CCC[C@H](OCc3cccnc3)C2)c1. The van der Waals surface area contributed by atoms with Crippen LogP contribution < -0.4 is 9.47 Å². The van der Waals surface area contributed by atoms with Gasteiger partial charge in [-0.05, 0) is 36.6 Å². The van der Waals surface area contributed by atoms with Crippen molar-refractivity contribution in [1.82, 2.24) is 9.88 Å². The zero-order valence-corrected chi connectivity index (χ0v) is 15.0. The second-order valence-corrected chi connectivity index (χ2v) is 6.24. The summed E-state index contributed by atoms with van der Waals surface area (Å²) in [5, 5.41) is 0. The molecule has 1 aliphatic heterocycles. The lowest BCUT2D eigenvalue weighted by atomic mass is 10.1. The smallest absolute Gasteiger partial charge is 0.260 e. The Bertz CT molecular complexity index is 708. The highest BCUT2D eigenvalue weighted by Gasteiger charge is 2.24. The molecular weight excluding hydrogens is 332 g/mol. The number of rotatable bonds is 7. The van der Waals surface area contributed by atoms with Gasteiger partial charge in [-0.15, -0.1) is 0 Å². The van der Waals surface area contributed by atoms with Crippen molar-refractivity contribution < 1.29 is 19.0 Å². The fourth-order valence-electron chi connectivity index (χ4n) is 2.93. The minimum absolute atomic E-state index is 0.0164. The summed E-state index contributed by atoms with van der Waals surface area (Å²) in [4.78, 5) is 18.4. The van der Waals surface area contributed by atoms with Gasteiger partial charge in [0.1, 0.15) is 11.5 Å². The summed E-state index contributed by atoms with van der Waals surface area (Å²) >= 11 is 0. The standard InChI is InChI=1S/C20H24N2O4/c1-24-17-6-2-7-18(11-17)26-15-20(23)22-10-4-8-19(13-22)25-14-16-5-3-9-21-12-16/h2-3,5-7,9,11-12,19H,4,8,10,13-15H2,1H3/t19-/m0/s1. The number of nitrogens with zero attached hydrogens (tertiary/aromatic N) is 2. The molecule has 2 aromatic rings. The van der Waals surface area contributed by atoms with Crippen LogP contribution in [0.25, 0.3) is 0 Å². The summed E-state index contributed by atoms with van der Waals surface area (Å²) in [5.41, 5.74) is 1.04. The zero-order valence-electron chi connectivity index (χ0n) is 15.0. The van der Waals surface area contributed by atoms with E-state index < -0.39 is 0 Å². The van der Waals surface area contributed by atoms with Crippen molar-refractivity contribution in [2.45, 2.75) is 25.6 Å². The number of ether oxygens (including phenoxy) is 3. The number of hydrogen-bond acceptors (Lipinski definition) is 5. The topological polar surface area (TPSA) is 60.9 Å². The normalized spacial score (nSPS) is 17.0. The van der Waals surface area contributed by atoms with Gasteiger partial charge in [0.25, 0.3) is 5.91 Å². The molecule has 3 rings (SSSR count). The number of hydrogen-bond donors (Lipinski definition) is 0. The van der Waals surface area contributed by atoms with E-state index in [0.29, 0.717) is 24.7 Å². The molecule has 1 saturated heterocycles. The van der Waals surface area contributed by atoms with E-state index in [1.807, 2.05) is 35.2 Å². The Morgan fingerprint density at radius 2 is 2.15 bits per heavy atom. The molecule has 0 bridgehead atoms. The first kappa shape index (κ1) is 18.2. The van der Waals surface area contributed by atoms with Crippen molar-refractivity contribution >= 4 is 5.91 Å². The van der Waals surface area contributed by atoms with Crippen molar-refractivity contribution in [2.24, 2.45) is 0 Å². The molecule has 0 saturated carbocycles. The van der Waals surface area contributed by atoms with Crippen LogP contribution in [0, 0.1) is 0 Å². The number of likely N-dealkylation sites (tertiary alicyclic amines) is 1. The molecular formula is C20H24N2O4. The Labute approximate surface area is 153 Å². The van der Waals surface area contributed by atoms with E-state index in [1.54, 1.807) is 25.6 Å². The molecule has 1 aromatic heterocycles. The number of benzene rings is 1. The van der Waals surface area contributed by atoms with Gasteiger partial charge in [-0.3, -0.25) is 9.78 Å². The molecule has 0 unspecified atom stereocenters. The Balaban J connectivity index is 1.46. The van der Waals surface area contributed by atoms with Gasteiger partial charge in [0, 0.05) is 31.5 Å². The molecule has 6 heteroatoms. The third-order valence-corrected chi connectivity index (χ3v) is 4.34. The lowest BCUT2D eigenvalue weighted by Crippen LogP contribution is -2.45. The number of amides is 1. The van der Waals surface area contributed by atoms with Gasteiger partial charge in [-0.25, -0.2) is 0 Å². The second kappa shape index (κ2) is 9.20. The van der Waals surface area contributed by atoms with Gasteiger partial charge < -0.3 is 19.1 Å². The van der Waals surface area contributed by atoms with Crippen molar-refractivity contribution in [3.8, 4) is 11.5 Å². The van der Waals surface area contributed by atoms with Crippen molar-refractivity contribution in [3.05, 3.63) is 54.4 Å². The van der Waals surface area contributed by atoms with Crippen LogP contribution in [0.4, 0.5) is 0 Å². The first-order chi connectivity index (χ1) is 12.7. The molecule has 26 heavy (non-hydrogen) atoms. The lowest BCUT2D eigenvalue weighted by Gasteiger charge is -2.32. The number of carbonyl (C=O) groups is 1. The van der Waals surface area contributed by atoms with E-state index >= 15 is 0 Å². The maximum atomic E-state index is 12.4. The summed E-state index contributed by atoms with van der Waals surface area (Å²) in [7, 11) is 1.60. The molecule has 0 N–H and O–H groups in total. The number of piperidine rings is 1. The summed E-state index contributed by atoms with van der Waals surface area (Å²) in [6, 6.07) is 11.1. The second-order valence-electron chi connectivity index (χ2n) is 6.24. The van der Waals surface area contributed by atoms with Crippen molar-refractivity contribution in [1.29, 1.82) is 0 Å². The van der Waals surface area contributed by atoms with E-state index in [-0.39, 0.29) is 18.6 Å². The summed E-state index contributed by atoms with van der Waals surface area (Å²) < 4.78 is 16.7. The molecule has 0 spiro atoms. The lowest BCUT2D eigenvalue weighted by molar-refractivity contribution is -0.137. The van der Waals surface area contributed by atoms with Crippen molar-refractivity contribution in [2.75, 3.05) is 26.8 Å². The molecule has 1 aromatic carbocycles. The third kappa shape index (κ3) is 5.20. The number of carbonyl (C=O) groups excluding carboxylic acids is 1. The van der Waals surface area contributed by atoms with Gasteiger partial charge >= 0.3 is 0 Å². The van der Waals surface area contributed by atoms with Crippen LogP contribution in [0.2, 0.25) is 0 Å². The molecule has 1 fully saturated rings. The molecule has 6 nitrogen and oxygen atoms in total. The minimum atomic E-state index is -0.0255. The Morgan fingerprint density at radius 3 is 2.96 bits per heavy atom. The van der Waals surface area contributed by atoms with Crippen LogP contribution in [0.3, 0.4) is 0 Å². The number of aromatic nitrogens is 1. The maximum absolute atomic E-state index is 12.4. The molecule has 1 aliphatic rings. The number of methoxy groups -OCH3 is 1. The van der Waals surface area contributed by atoms with Crippen LogP contribution in [0.5, 0.6) is 11.5 Å². The Hall–Kier alpha value is -2.60. The molecule has 138 valence electrons. The highest BCUT2D eigenvalue weighted by Crippen LogP contribution is 2.19. The molecule has 0 aliphatic carbocycles. The van der Waals surface area contributed by atoms with Crippen molar-refractivity contribution in [3.63, 3.8) is 0 Å². The third-order valence-electron chi connectivity index (χ3n) is 4.34. The minimum Gasteiger partial charge on any atom is -0.497 e. The monoisotopic (exact) mass is 356 g/mol. The van der Waals surface area contributed by atoms with Gasteiger partial charge in [-0.1, -0.05) is 12.1 Å². The van der Waals surface area contributed by atoms with Gasteiger partial charge in [0.2, 0.25) is 0 Å². The van der Waals surface area contributed by atoms with E-state index in [4.69, 9.17) is 14.2 Å².